The summed E-state index contributed by atoms with van der Waals surface area (Å²) in [7, 11) is 2.26. The number of hydrogen-bond donors (Lipinski definition) is 1. The van der Waals surface area contributed by atoms with Gasteiger partial charge >= 0.3 is 0 Å². The minimum absolute atomic E-state index is 0.547. The van der Waals surface area contributed by atoms with Gasteiger partial charge in [-0.3, -0.25) is 0 Å². The van der Waals surface area contributed by atoms with Gasteiger partial charge in [-0.2, -0.15) is 0 Å². The van der Waals surface area contributed by atoms with E-state index in [9.17, 15) is 0 Å². The van der Waals surface area contributed by atoms with Crippen molar-refractivity contribution in [1.29, 1.82) is 0 Å². The van der Waals surface area contributed by atoms with Gasteiger partial charge in [0.1, 0.15) is 0 Å². The van der Waals surface area contributed by atoms with E-state index in [2.05, 4.69) is 22.2 Å². The quantitative estimate of drug-likeness (QED) is 0.820. The van der Waals surface area contributed by atoms with Crippen LogP contribution in [0.4, 0.5) is 5.69 Å². The first-order valence-electron chi connectivity index (χ1n) is 6.33. The van der Waals surface area contributed by atoms with Crippen molar-refractivity contribution < 1.29 is 0 Å². The largest absolute Gasteiger partial charge is 0.380 e. The Morgan fingerprint density at radius 2 is 2.06 bits per heavy atom. The zero-order valence-corrected chi connectivity index (χ0v) is 10.8. The number of fused-ring (bicyclic) bond motifs is 2. The fourth-order valence-corrected chi connectivity index (χ4v) is 3.42. The zero-order valence-electron chi connectivity index (χ0n) is 10.1. The molecular weight excluding hydrogens is 234 g/mol. The predicted molar refractivity (Wildman–Crippen MR) is 70.5 cm³/mol. The molecule has 2 aliphatic rings. The molecule has 2 atom stereocenters. The molecule has 3 heterocycles. The fraction of sp³-hybridized carbons (Fsp3) is 0.615. The fourth-order valence-electron chi connectivity index (χ4n) is 3.24. The lowest BCUT2D eigenvalue weighted by Crippen LogP contribution is -2.44. The van der Waals surface area contributed by atoms with Gasteiger partial charge in [-0.05, 0) is 44.9 Å². The molecule has 0 spiro atoms. The van der Waals surface area contributed by atoms with Gasteiger partial charge < -0.3 is 10.2 Å². The van der Waals surface area contributed by atoms with Crippen molar-refractivity contribution in [3.05, 3.63) is 23.5 Å². The van der Waals surface area contributed by atoms with Crippen molar-refractivity contribution in [2.75, 3.05) is 12.4 Å². The molecule has 1 N–H and O–H groups in total. The normalized spacial score (nSPS) is 32.7. The van der Waals surface area contributed by atoms with Crippen LogP contribution in [0, 0.1) is 0 Å². The molecule has 1 aromatic heterocycles. The Labute approximate surface area is 107 Å². The van der Waals surface area contributed by atoms with E-state index in [1.54, 1.807) is 6.20 Å². The Hall–Kier alpha value is -0.800. The first-order valence-corrected chi connectivity index (χ1v) is 6.71. The van der Waals surface area contributed by atoms with Crippen LogP contribution < -0.4 is 5.32 Å². The first-order chi connectivity index (χ1) is 8.24. The van der Waals surface area contributed by atoms with Crippen molar-refractivity contribution in [3.63, 3.8) is 0 Å². The van der Waals surface area contributed by atoms with E-state index >= 15 is 0 Å². The third-order valence-electron chi connectivity index (χ3n) is 4.22. The number of nitrogens with one attached hydrogen (secondary N) is 1. The van der Waals surface area contributed by atoms with Crippen molar-refractivity contribution in [3.8, 4) is 0 Å². The molecule has 3 nitrogen and oxygen atoms in total. The van der Waals surface area contributed by atoms with Crippen molar-refractivity contribution in [2.45, 2.75) is 43.8 Å². The molecule has 0 saturated carbocycles. The van der Waals surface area contributed by atoms with E-state index in [1.165, 1.54) is 25.7 Å². The van der Waals surface area contributed by atoms with Gasteiger partial charge in [-0.1, -0.05) is 11.6 Å². The summed E-state index contributed by atoms with van der Waals surface area (Å²) in [5, 5.41) is 4.13. The van der Waals surface area contributed by atoms with Crippen LogP contribution >= 0.6 is 11.6 Å². The lowest BCUT2D eigenvalue weighted by atomic mass is 9.98. The number of hydrogen-bond acceptors (Lipinski definition) is 3. The van der Waals surface area contributed by atoms with E-state index in [1.807, 2.05) is 12.1 Å². The van der Waals surface area contributed by atoms with E-state index in [-0.39, 0.29) is 0 Å². The molecule has 0 amide bonds. The van der Waals surface area contributed by atoms with E-state index in [4.69, 9.17) is 11.6 Å². The molecule has 0 aromatic carbocycles. The highest BCUT2D eigenvalue weighted by Crippen LogP contribution is 2.35. The summed E-state index contributed by atoms with van der Waals surface area (Å²) in [5.74, 6) is 0. The monoisotopic (exact) mass is 251 g/mol. The molecule has 2 unspecified atom stereocenters. The second-order valence-corrected chi connectivity index (χ2v) is 5.56. The Bertz CT molecular complexity index is 395. The molecule has 17 heavy (non-hydrogen) atoms. The lowest BCUT2D eigenvalue weighted by molar-refractivity contribution is 0.169. The van der Waals surface area contributed by atoms with Gasteiger partial charge in [-0.25, -0.2) is 4.98 Å². The maximum atomic E-state index is 6.08. The summed E-state index contributed by atoms with van der Waals surface area (Å²) in [4.78, 5) is 6.65. The van der Waals surface area contributed by atoms with Gasteiger partial charge in [0.05, 0.1) is 5.69 Å². The Balaban J connectivity index is 1.70. The van der Waals surface area contributed by atoms with Gasteiger partial charge in [0, 0.05) is 24.3 Å². The summed E-state index contributed by atoms with van der Waals surface area (Å²) in [6.07, 6.45) is 6.86. The first kappa shape index (κ1) is 11.3. The topological polar surface area (TPSA) is 28.2 Å². The number of anilines is 1. The van der Waals surface area contributed by atoms with Crippen LogP contribution in [-0.2, 0) is 0 Å². The highest BCUT2D eigenvalue weighted by molar-refractivity contribution is 6.31. The van der Waals surface area contributed by atoms with Crippen LogP contribution in [0.5, 0.6) is 0 Å². The van der Waals surface area contributed by atoms with Crippen LogP contribution in [0.15, 0.2) is 18.3 Å². The summed E-state index contributed by atoms with van der Waals surface area (Å²) < 4.78 is 0. The summed E-state index contributed by atoms with van der Waals surface area (Å²) >= 11 is 6.08. The average Bonchev–Trinajstić information content (AvgIpc) is 2.55. The maximum Gasteiger partial charge on any atom is 0.152 e. The number of rotatable bonds is 2. The van der Waals surface area contributed by atoms with Crippen molar-refractivity contribution >= 4 is 17.3 Å². The molecule has 0 radical (unpaired) electrons. The van der Waals surface area contributed by atoms with Crippen LogP contribution in [-0.4, -0.2) is 35.1 Å². The van der Waals surface area contributed by atoms with Gasteiger partial charge in [0.25, 0.3) is 0 Å². The average molecular weight is 252 g/mol. The minimum Gasteiger partial charge on any atom is -0.380 e. The van der Waals surface area contributed by atoms with Crippen molar-refractivity contribution in [1.82, 2.24) is 9.88 Å². The Morgan fingerprint density at radius 3 is 2.71 bits per heavy atom. The third kappa shape index (κ3) is 2.14. The molecule has 3 rings (SSSR count). The van der Waals surface area contributed by atoms with Crippen LogP contribution in [0.3, 0.4) is 0 Å². The SMILES string of the molecule is CN1C2CCC1CC(Nc1cccnc1Cl)C2. The van der Waals surface area contributed by atoms with Crippen LogP contribution in [0.25, 0.3) is 0 Å². The smallest absolute Gasteiger partial charge is 0.152 e. The van der Waals surface area contributed by atoms with E-state index in [0.29, 0.717) is 11.2 Å². The standard InChI is InChI=1S/C13H18ClN3/c1-17-10-4-5-11(17)8-9(7-10)16-12-3-2-6-15-13(12)14/h2-3,6,9-11,16H,4-5,7-8H2,1H3. The summed E-state index contributed by atoms with van der Waals surface area (Å²) in [6.45, 7) is 0. The summed E-state index contributed by atoms with van der Waals surface area (Å²) in [6, 6.07) is 5.99. The second kappa shape index (κ2) is 4.46. The lowest BCUT2D eigenvalue weighted by Gasteiger charge is -2.37. The highest BCUT2D eigenvalue weighted by atomic mass is 35.5. The zero-order chi connectivity index (χ0) is 11.8. The second-order valence-electron chi connectivity index (χ2n) is 5.20. The van der Waals surface area contributed by atoms with Crippen LogP contribution in [0.2, 0.25) is 5.15 Å². The van der Waals surface area contributed by atoms with Crippen LogP contribution in [0.1, 0.15) is 25.7 Å². The molecule has 2 saturated heterocycles. The highest BCUT2D eigenvalue weighted by Gasteiger charge is 2.38. The number of piperidine rings is 1. The molecule has 1 aromatic rings. The molecule has 0 aliphatic carbocycles. The molecule has 2 aliphatic heterocycles. The molecule has 2 bridgehead atoms. The molecule has 4 heteroatoms. The number of halogens is 1. The molecule has 2 fully saturated rings. The minimum atomic E-state index is 0.547. The molecule has 92 valence electrons. The Morgan fingerprint density at radius 1 is 1.35 bits per heavy atom. The summed E-state index contributed by atoms with van der Waals surface area (Å²) in [5.41, 5.74) is 0.975. The van der Waals surface area contributed by atoms with Crippen molar-refractivity contribution in [2.24, 2.45) is 0 Å². The number of aromatic nitrogens is 1. The number of nitrogens with zero attached hydrogens (tertiary/aromatic N) is 2. The number of pyridine rings is 1. The van der Waals surface area contributed by atoms with E-state index < -0.39 is 0 Å². The van der Waals surface area contributed by atoms with Gasteiger partial charge in [0.15, 0.2) is 5.15 Å². The van der Waals surface area contributed by atoms with E-state index in [0.717, 1.165) is 17.8 Å². The third-order valence-corrected chi connectivity index (χ3v) is 4.52. The Kier molecular flexibility index (Phi) is 2.97. The predicted octanol–water partition coefficient (Wildman–Crippen LogP) is 2.77. The van der Waals surface area contributed by atoms with Gasteiger partial charge in [0.2, 0.25) is 0 Å². The maximum absolute atomic E-state index is 6.08. The van der Waals surface area contributed by atoms with Gasteiger partial charge in [-0.15, -0.1) is 0 Å². The molecular formula is C13H18ClN3.